The molecule has 0 N–H and O–H groups in total. The number of carbonyl (C=O) groups is 2. The van der Waals surface area contributed by atoms with Crippen LogP contribution in [0.3, 0.4) is 0 Å². The van der Waals surface area contributed by atoms with Crippen LogP contribution in [0, 0.1) is 6.92 Å². The molecule has 2 aromatic rings. The summed E-state index contributed by atoms with van der Waals surface area (Å²) in [5.74, 6) is 0.120. The first-order valence-electron chi connectivity index (χ1n) is 8.47. The summed E-state index contributed by atoms with van der Waals surface area (Å²) in [7, 11) is 0. The Balaban J connectivity index is 1.59. The van der Waals surface area contributed by atoms with Crippen LogP contribution in [0.5, 0.6) is 0 Å². The Morgan fingerprint density at radius 3 is 2.54 bits per heavy atom. The average Bonchev–Trinajstić information content (AvgIpc) is 3.12. The number of hydrogen-bond acceptors (Lipinski definition) is 5. The van der Waals surface area contributed by atoms with Crippen LogP contribution in [0.2, 0.25) is 0 Å². The zero-order valence-electron chi connectivity index (χ0n) is 14.4. The van der Waals surface area contributed by atoms with Gasteiger partial charge in [-0.3, -0.25) is 9.69 Å². The van der Waals surface area contributed by atoms with E-state index in [2.05, 4.69) is 4.98 Å². The van der Waals surface area contributed by atoms with Crippen LogP contribution in [0.1, 0.15) is 11.4 Å². The molecule has 9 nitrogen and oxygen atoms in total. The van der Waals surface area contributed by atoms with Gasteiger partial charge in [0.2, 0.25) is 5.91 Å². The molecular formula is C17H19N5O4. The summed E-state index contributed by atoms with van der Waals surface area (Å²) in [6, 6.07) is 7.15. The van der Waals surface area contributed by atoms with Gasteiger partial charge in [0, 0.05) is 18.8 Å². The van der Waals surface area contributed by atoms with Crippen molar-refractivity contribution in [2.24, 2.45) is 0 Å². The molecule has 0 spiro atoms. The lowest BCUT2D eigenvalue weighted by atomic mass is 10.2. The van der Waals surface area contributed by atoms with Crippen molar-refractivity contribution < 1.29 is 14.3 Å². The van der Waals surface area contributed by atoms with Crippen molar-refractivity contribution in [3.05, 3.63) is 46.1 Å². The summed E-state index contributed by atoms with van der Waals surface area (Å²) in [5.41, 5.74) is 1.23. The molecule has 3 heterocycles. The predicted octanol–water partition coefficient (Wildman–Crippen LogP) is 0.200. The summed E-state index contributed by atoms with van der Waals surface area (Å²) in [5, 5.41) is 0. The minimum Gasteiger partial charge on any atom is -0.378 e. The number of carbonyl (C=O) groups excluding carboxylic acids is 2. The van der Waals surface area contributed by atoms with Gasteiger partial charge in [0.15, 0.2) is 5.82 Å². The zero-order chi connectivity index (χ0) is 18.3. The van der Waals surface area contributed by atoms with Crippen molar-refractivity contribution in [3.63, 3.8) is 0 Å². The minimum atomic E-state index is -0.585. The molecule has 1 aromatic heterocycles. The molecule has 2 amide bonds. The number of amides is 2. The van der Waals surface area contributed by atoms with Crippen LogP contribution < -0.4 is 10.6 Å². The fourth-order valence-corrected chi connectivity index (χ4v) is 3.19. The van der Waals surface area contributed by atoms with Gasteiger partial charge in [-0.2, -0.15) is 9.67 Å². The van der Waals surface area contributed by atoms with Crippen LogP contribution in [0.4, 0.5) is 10.5 Å². The van der Waals surface area contributed by atoms with Crippen LogP contribution >= 0.6 is 0 Å². The van der Waals surface area contributed by atoms with Gasteiger partial charge in [-0.25, -0.2) is 14.3 Å². The molecule has 1 aromatic carbocycles. The Morgan fingerprint density at radius 1 is 1.15 bits per heavy atom. The summed E-state index contributed by atoms with van der Waals surface area (Å²) < 4.78 is 7.55. The van der Waals surface area contributed by atoms with Crippen molar-refractivity contribution in [2.75, 3.05) is 31.2 Å². The van der Waals surface area contributed by atoms with Gasteiger partial charge in [-0.15, -0.1) is 0 Å². The summed E-state index contributed by atoms with van der Waals surface area (Å²) in [4.78, 5) is 44.6. The number of ether oxygens (including phenoxy) is 1. The van der Waals surface area contributed by atoms with Gasteiger partial charge < -0.3 is 9.64 Å². The Kier molecular flexibility index (Phi) is 4.08. The molecule has 0 atom stereocenters. The quantitative estimate of drug-likeness (QED) is 0.783. The standard InChI is InChI=1S/C17H19N5O4/c1-12-2-4-13(5-3-12)20-10-14-18-16(24)21(22(14)17(20)25)11-15(23)19-6-8-26-9-7-19/h2-5H,6-11H2,1H3. The number of aryl methyl sites for hydroxylation is 1. The number of benzene rings is 1. The van der Waals surface area contributed by atoms with E-state index >= 15 is 0 Å². The third kappa shape index (κ3) is 2.80. The molecule has 2 aliphatic rings. The molecule has 0 bridgehead atoms. The van der Waals surface area contributed by atoms with E-state index in [0.717, 1.165) is 15.9 Å². The summed E-state index contributed by atoms with van der Waals surface area (Å²) in [6.45, 7) is 3.89. The van der Waals surface area contributed by atoms with Gasteiger partial charge in [0.1, 0.15) is 6.54 Å². The molecule has 1 saturated heterocycles. The smallest absolute Gasteiger partial charge is 0.365 e. The van der Waals surface area contributed by atoms with E-state index in [1.165, 1.54) is 9.58 Å². The summed E-state index contributed by atoms with van der Waals surface area (Å²) >= 11 is 0. The number of rotatable bonds is 3. The van der Waals surface area contributed by atoms with E-state index < -0.39 is 5.69 Å². The molecule has 0 unspecified atom stereocenters. The largest absolute Gasteiger partial charge is 0.378 e. The topological polar surface area (TPSA) is 89.7 Å². The first-order chi connectivity index (χ1) is 12.5. The van der Waals surface area contributed by atoms with E-state index in [0.29, 0.717) is 32.1 Å². The molecule has 0 radical (unpaired) electrons. The molecule has 1 fully saturated rings. The van der Waals surface area contributed by atoms with Gasteiger partial charge in [0.25, 0.3) is 0 Å². The average molecular weight is 357 g/mol. The van der Waals surface area contributed by atoms with E-state index in [9.17, 15) is 14.4 Å². The van der Waals surface area contributed by atoms with Gasteiger partial charge in [-0.1, -0.05) is 17.7 Å². The van der Waals surface area contributed by atoms with E-state index in [4.69, 9.17) is 4.74 Å². The fourth-order valence-electron chi connectivity index (χ4n) is 3.19. The Labute approximate surface area is 149 Å². The third-order valence-electron chi connectivity index (χ3n) is 4.64. The highest BCUT2D eigenvalue weighted by molar-refractivity contribution is 5.95. The van der Waals surface area contributed by atoms with Crippen molar-refractivity contribution in [1.82, 2.24) is 19.2 Å². The number of fused-ring (bicyclic) bond motifs is 1. The first kappa shape index (κ1) is 16.5. The second-order valence-electron chi connectivity index (χ2n) is 6.38. The molecule has 136 valence electrons. The molecule has 0 saturated carbocycles. The van der Waals surface area contributed by atoms with Gasteiger partial charge >= 0.3 is 11.7 Å². The van der Waals surface area contributed by atoms with Crippen LogP contribution in [-0.4, -0.2) is 57.5 Å². The lowest BCUT2D eigenvalue weighted by Crippen LogP contribution is -2.44. The minimum absolute atomic E-state index is 0.204. The second-order valence-corrected chi connectivity index (χ2v) is 6.38. The highest BCUT2D eigenvalue weighted by atomic mass is 16.5. The summed E-state index contributed by atoms with van der Waals surface area (Å²) in [6.07, 6.45) is 0. The SMILES string of the molecule is Cc1ccc(N2Cc3nc(=O)n(CC(=O)N4CCOCC4)n3C2=O)cc1. The normalized spacial score (nSPS) is 16.9. The lowest BCUT2D eigenvalue weighted by Gasteiger charge is -2.27. The van der Waals surface area contributed by atoms with Crippen LogP contribution in [0.25, 0.3) is 0 Å². The van der Waals surface area contributed by atoms with Gasteiger partial charge in [0.05, 0.1) is 19.8 Å². The van der Waals surface area contributed by atoms with Crippen LogP contribution in [-0.2, 0) is 22.6 Å². The molecular weight excluding hydrogens is 338 g/mol. The fraction of sp³-hybridized carbons (Fsp3) is 0.412. The van der Waals surface area contributed by atoms with Crippen molar-refractivity contribution in [2.45, 2.75) is 20.0 Å². The highest BCUT2D eigenvalue weighted by Crippen LogP contribution is 2.23. The Morgan fingerprint density at radius 2 is 1.85 bits per heavy atom. The Bertz CT molecular complexity index is 908. The highest BCUT2D eigenvalue weighted by Gasteiger charge is 2.34. The van der Waals surface area contributed by atoms with Crippen molar-refractivity contribution in [1.29, 1.82) is 0 Å². The maximum Gasteiger partial charge on any atom is 0.365 e. The zero-order valence-corrected chi connectivity index (χ0v) is 14.4. The molecule has 2 aliphatic heterocycles. The van der Waals surface area contributed by atoms with Crippen molar-refractivity contribution >= 4 is 17.6 Å². The second kappa shape index (κ2) is 6.41. The van der Waals surface area contributed by atoms with E-state index in [-0.39, 0.29) is 25.0 Å². The molecule has 26 heavy (non-hydrogen) atoms. The van der Waals surface area contributed by atoms with Crippen LogP contribution in [0.15, 0.2) is 29.1 Å². The Hall–Kier alpha value is -2.94. The molecule has 9 heteroatoms. The number of aromatic nitrogens is 3. The van der Waals surface area contributed by atoms with Gasteiger partial charge in [-0.05, 0) is 19.1 Å². The number of nitrogens with zero attached hydrogens (tertiary/aromatic N) is 5. The lowest BCUT2D eigenvalue weighted by molar-refractivity contribution is -0.136. The molecule has 0 aliphatic carbocycles. The maximum atomic E-state index is 12.8. The number of morpholine rings is 1. The monoisotopic (exact) mass is 357 g/mol. The van der Waals surface area contributed by atoms with Crippen molar-refractivity contribution in [3.8, 4) is 0 Å². The number of hydrogen-bond donors (Lipinski definition) is 0. The molecule has 4 rings (SSSR count). The number of anilines is 1. The van der Waals surface area contributed by atoms with E-state index in [1.807, 2.05) is 31.2 Å². The predicted molar refractivity (Wildman–Crippen MR) is 92.0 cm³/mol. The van der Waals surface area contributed by atoms with E-state index in [1.54, 1.807) is 4.90 Å². The first-order valence-corrected chi connectivity index (χ1v) is 8.47. The maximum absolute atomic E-state index is 12.8. The third-order valence-corrected chi connectivity index (χ3v) is 4.64.